The van der Waals surface area contributed by atoms with Crippen molar-refractivity contribution in [3.8, 4) is 23.2 Å². The van der Waals surface area contributed by atoms with Crippen molar-refractivity contribution in [1.82, 2.24) is 14.9 Å². The monoisotopic (exact) mass is 308 g/mol. The molecule has 0 saturated carbocycles. The van der Waals surface area contributed by atoms with Gasteiger partial charge in [0.25, 0.3) is 0 Å². The van der Waals surface area contributed by atoms with E-state index in [1.54, 1.807) is 24.5 Å². The maximum atomic E-state index is 8.83. The third-order valence-electron chi connectivity index (χ3n) is 4.23. The second-order valence-corrected chi connectivity index (χ2v) is 5.69. The van der Waals surface area contributed by atoms with E-state index in [9.17, 15) is 0 Å². The number of benzene rings is 1. The van der Waals surface area contributed by atoms with E-state index in [2.05, 4.69) is 27.9 Å². The molecule has 118 valence electrons. The van der Waals surface area contributed by atoms with Crippen LogP contribution in [-0.2, 0) is 0 Å². The number of nitriles is 1. The maximum absolute atomic E-state index is 8.83. The van der Waals surface area contributed by atoms with E-state index < -0.39 is 0 Å². The molecule has 1 aliphatic rings. The molecule has 2 heterocycles. The Morgan fingerprint density at radius 1 is 1.13 bits per heavy atom. The Labute approximate surface area is 136 Å². The van der Waals surface area contributed by atoms with Crippen molar-refractivity contribution in [2.45, 2.75) is 25.9 Å². The summed E-state index contributed by atoms with van der Waals surface area (Å²) < 4.78 is 5.88. The molecule has 3 rings (SSSR count). The van der Waals surface area contributed by atoms with Gasteiger partial charge in [-0.15, -0.1) is 0 Å². The van der Waals surface area contributed by atoms with E-state index in [0.29, 0.717) is 11.6 Å². The van der Waals surface area contributed by atoms with E-state index in [1.165, 1.54) is 0 Å². The zero-order valence-corrected chi connectivity index (χ0v) is 13.3. The number of aromatic nitrogens is 2. The predicted octanol–water partition coefficient (Wildman–Crippen LogP) is 2.88. The summed E-state index contributed by atoms with van der Waals surface area (Å²) in [5.74, 6) is 0. The molecule has 0 aliphatic carbocycles. The van der Waals surface area contributed by atoms with Gasteiger partial charge < -0.3 is 9.64 Å². The van der Waals surface area contributed by atoms with E-state index in [0.717, 1.165) is 43.6 Å². The zero-order valence-electron chi connectivity index (χ0n) is 13.3. The van der Waals surface area contributed by atoms with Gasteiger partial charge in [-0.25, -0.2) is 9.97 Å². The fourth-order valence-corrected chi connectivity index (χ4v) is 2.76. The lowest BCUT2D eigenvalue weighted by atomic mass is 10.1. The van der Waals surface area contributed by atoms with Gasteiger partial charge in [-0.3, -0.25) is 0 Å². The Balaban J connectivity index is 1.62. The Hall–Kier alpha value is -2.45. The molecule has 1 aromatic carbocycles. The molecule has 0 spiro atoms. The number of piperidine rings is 1. The van der Waals surface area contributed by atoms with E-state index in [4.69, 9.17) is 10.00 Å². The van der Waals surface area contributed by atoms with Crippen LogP contribution >= 0.6 is 0 Å². The predicted molar refractivity (Wildman–Crippen MR) is 87.9 cm³/mol. The van der Waals surface area contributed by atoms with Crippen LogP contribution in [0, 0.1) is 11.3 Å². The highest BCUT2D eigenvalue weighted by Crippen LogP contribution is 2.20. The molecule has 1 aliphatic heterocycles. The van der Waals surface area contributed by atoms with Gasteiger partial charge >= 0.3 is 6.01 Å². The Kier molecular flexibility index (Phi) is 4.84. The molecule has 0 N–H and O–H groups in total. The molecule has 0 amide bonds. The molecular formula is C18H20N4O. The summed E-state index contributed by atoms with van der Waals surface area (Å²) in [5, 5.41) is 8.83. The summed E-state index contributed by atoms with van der Waals surface area (Å²) in [4.78, 5) is 11.1. The van der Waals surface area contributed by atoms with Gasteiger partial charge in [0.15, 0.2) is 0 Å². The number of ether oxygens (including phenoxy) is 1. The molecule has 0 unspecified atom stereocenters. The minimum absolute atomic E-state index is 0.207. The molecule has 5 heteroatoms. The Morgan fingerprint density at radius 2 is 1.78 bits per heavy atom. The lowest BCUT2D eigenvalue weighted by Crippen LogP contribution is -2.38. The number of likely N-dealkylation sites (tertiary alicyclic amines) is 1. The first-order valence-electron chi connectivity index (χ1n) is 8.00. The summed E-state index contributed by atoms with van der Waals surface area (Å²) in [5.41, 5.74) is 2.56. The third kappa shape index (κ3) is 3.85. The normalized spacial score (nSPS) is 16.0. The van der Waals surface area contributed by atoms with Crippen molar-refractivity contribution in [3.05, 3.63) is 42.2 Å². The van der Waals surface area contributed by atoms with Crippen molar-refractivity contribution in [3.63, 3.8) is 0 Å². The van der Waals surface area contributed by atoms with Crippen LogP contribution in [-0.4, -0.2) is 40.6 Å². The number of nitrogens with zero attached hydrogens (tertiary/aromatic N) is 4. The zero-order chi connectivity index (χ0) is 16.1. The van der Waals surface area contributed by atoms with Crippen LogP contribution in [0.2, 0.25) is 0 Å². The van der Waals surface area contributed by atoms with Gasteiger partial charge in [-0.05, 0) is 37.1 Å². The quantitative estimate of drug-likeness (QED) is 0.869. The van der Waals surface area contributed by atoms with E-state index >= 15 is 0 Å². The summed E-state index contributed by atoms with van der Waals surface area (Å²) >= 11 is 0. The number of rotatable bonds is 4. The smallest absolute Gasteiger partial charge is 0.316 e. The largest absolute Gasteiger partial charge is 0.460 e. The van der Waals surface area contributed by atoms with Crippen molar-refractivity contribution in [2.24, 2.45) is 0 Å². The molecule has 1 aromatic heterocycles. The van der Waals surface area contributed by atoms with Crippen LogP contribution in [0.15, 0.2) is 36.7 Å². The summed E-state index contributed by atoms with van der Waals surface area (Å²) in [6.45, 7) is 5.43. The number of hydrogen-bond acceptors (Lipinski definition) is 5. The minimum atomic E-state index is 0.207. The third-order valence-corrected chi connectivity index (χ3v) is 4.23. The molecule has 23 heavy (non-hydrogen) atoms. The van der Waals surface area contributed by atoms with Crippen molar-refractivity contribution < 1.29 is 4.74 Å². The van der Waals surface area contributed by atoms with Crippen molar-refractivity contribution in [1.29, 1.82) is 5.26 Å². The topological polar surface area (TPSA) is 62.0 Å². The van der Waals surface area contributed by atoms with Crippen LogP contribution in [0.4, 0.5) is 0 Å². The van der Waals surface area contributed by atoms with Crippen LogP contribution in [0.5, 0.6) is 6.01 Å². The maximum Gasteiger partial charge on any atom is 0.316 e. The highest BCUT2D eigenvalue weighted by molar-refractivity contribution is 5.62. The standard InChI is InChI=1S/C18H20N4O/c1-2-22-9-7-17(8-10-22)23-18-20-12-16(13-21-18)15-5-3-14(11-19)4-6-15/h3-6,12-13,17H,2,7-10H2,1H3. The van der Waals surface area contributed by atoms with Crippen LogP contribution in [0.1, 0.15) is 25.3 Å². The van der Waals surface area contributed by atoms with Gasteiger partial charge in [0.05, 0.1) is 11.6 Å². The molecule has 0 atom stereocenters. The molecule has 0 bridgehead atoms. The fourth-order valence-electron chi connectivity index (χ4n) is 2.76. The van der Waals surface area contributed by atoms with Gasteiger partial charge in [0.2, 0.25) is 0 Å². The lowest BCUT2D eigenvalue weighted by Gasteiger charge is -2.30. The van der Waals surface area contributed by atoms with Crippen molar-refractivity contribution >= 4 is 0 Å². The molecule has 1 fully saturated rings. The minimum Gasteiger partial charge on any atom is -0.460 e. The molecule has 1 saturated heterocycles. The molecule has 5 nitrogen and oxygen atoms in total. The second-order valence-electron chi connectivity index (χ2n) is 5.69. The number of hydrogen-bond donors (Lipinski definition) is 0. The van der Waals surface area contributed by atoms with Crippen LogP contribution < -0.4 is 4.74 Å². The summed E-state index contributed by atoms with van der Waals surface area (Å²) in [6, 6.07) is 9.94. The second kappa shape index (κ2) is 7.21. The molecule has 0 radical (unpaired) electrons. The van der Waals surface area contributed by atoms with Crippen molar-refractivity contribution in [2.75, 3.05) is 19.6 Å². The van der Waals surface area contributed by atoms with Crippen LogP contribution in [0.3, 0.4) is 0 Å². The first-order chi connectivity index (χ1) is 11.3. The average molecular weight is 308 g/mol. The first kappa shape index (κ1) is 15.4. The Bertz CT molecular complexity index is 668. The fraction of sp³-hybridized carbons (Fsp3) is 0.389. The van der Waals surface area contributed by atoms with Crippen LogP contribution in [0.25, 0.3) is 11.1 Å². The lowest BCUT2D eigenvalue weighted by molar-refractivity contribution is 0.0955. The summed E-state index contributed by atoms with van der Waals surface area (Å²) in [7, 11) is 0. The van der Waals surface area contributed by atoms with Gasteiger partial charge in [-0.2, -0.15) is 5.26 Å². The average Bonchev–Trinajstić information content (AvgIpc) is 2.63. The van der Waals surface area contributed by atoms with E-state index in [-0.39, 0.29) is 6.10 Å². The molecule has 2 aromatic rings. The van der Waals surface area contributed by atoms with E-state index in [1.807, 2.05) is 12.1 Å². The SMILES string of the molecule is CCN1CCC(Oc2ncc(-c3ccc(C#N)cc3)cn2)CC1. The van der Waals surface area contributed by atoms with Gasteiger partial charge in [-0.1, -0.05) is 19.1 Å². The van der Waals surface area contributed by atoms with Gasteiger partial charge in [0.1, 0.15) is 6.10 Å². The summed E-state index contributed by atoms with van der Waals surface area (Å²) in [6.07, 6.45) is 5.79. The highest BCUT2D eigenvalue weighted by Gasteiger charge is 2.20. The first-order valence-corrected chi connectivity index (χ1v) is 8.00. The Morgan fingerprint density at radius 3 is 2.35 bits per heavy atom. The van der Waals surface area contributed by atoms with Gasteiger partial charge in [0, 0.05) is 31.0 Å². The molecular weight excluding hydrogens is 288 g/mol. The highest BCUT2D eigenvalue weighted by atomic mass is 16.5.